The first kappa shape index (κ1) is 13.6. The van der Waals surface area contributed by atoms with Gasteiger partial charge in [-0.3, -0.25) is 9.69 Å². The number of rotatable bonds is 2. The summed E-state index contributed by atoms with van der Waals surface area (Å²) in [7, 11) is 0. The fraction of sp³-hybridized carbons (Fsp3) is 0.400. The van der Waals surface area contributed by atoms with Gasteiger partial charge in [-0.15, -0.1) is 0 Å². The van der Waals surface area contributed by atoms with E-state index in [2.05, 4.69) is 28.1 Å². The summed E-state index contributed by atoms with van der Waals surface area (Å²) >= 11 is 0. The van der Waals surface area contributed by atoms with Crippen LogP contribution in [0.1, 0.15) is 18.1 Å². The molecule has 1 atom stereocenters. The van der Waals surface area contributed by atoms with Crippen molar-refractivity contribution < 1.29 is 4.79 Å². The molecule has 0 saturated carbocycles. The summed E-state index contributed by atoms with van der Waals surface area (Å²) in [6.07, 6.45) is 0. The largest absolute Gasteiger partial charge is 0.353 e. The highest BCUT2D eigenvalue weighted by atomic mass is 16.2. The average molecular weight is 257 g/mol. The van der Waals surface area contributed by atoms with E-state index in [0.717, 1.165) is 24.2 Å². The molecule has 1 heterocycles. The Bertz CT molecular complexity index is 516. The van der Waals surface area contributed by atoms with Crippen LogP contribution in [0.25, 0.3) is 0 Å². The van der Waals surface area contributed by atoms with Crippen molar-refractivity contribution >= 4 is 5.91 Å². The second-order valence-corrected chi connectivity index (χ2v) is 4.60. The number of piperazine rings is 1. The van der Waals surface area contributed by atoms with Gasteiger partial charge in [-0.25, -0.2) is 0 Å². The molecule has 19 heavy (non-hydrogen) atoms. The Balaban J connectivity index is 2.16. The van der Waals surface area contributed by atoms with Gasteiger partial charge in [0.15, 0.2) is 0 Å². The molecule has 100 valence electrons. The third-order valence-corrected chi connectivity index (χ3v) is 3.34. The number of amides is 1. The van der Waals surface area contributed by atoms with Gasteiger partial charge >= 0.3 is 0 Å². The molecular formula is C15H19N3O. The van der Waals surface area contributed by atoms with E-state index in [1.165, 1.54) is 0 Å². The van der Waals surface area contributed by atoms with Gasteiger partial charge in [-0.1, -0.05) is 30.0 Å². The third-order valence-electron chi connectivity index (χ3n) is 3.34. The number of carbonyl (C=O) groups excluding carboxylic acids is 1. The van der Waals surface area contributed by atoms with Gasteiger partial charge in [-0.2, -0.15) is 0 Å². The lowest BCUT2D eigenvalue weighted by molar-refractivity contribution is -0.128. The molecule has 0 bridgehead atoms. The minimum atomic E-state index is -0.0933. The monoisotopic (exact) mass is 257 g/mol. The summed E-state index contributed by atoms with van der Waals surface area (Å²) < 4.78 is 0. The Labute approximate surface area is 114 Å². The smallest absolute Gasteiger partial charge is 0.237 e. The molecule has 0 spiro atoms. The summed E-state index contributed by atoms with van der Waals surface area (Å²) in [6.45, 7) is 4.61. The molecule has 1 aromatic carbocycles. The van der Waals surface area contributed by atoms with Crippen LogP contribution in [0, 0.1) is 11.8 Å². The maximum Gasteiger partial charge on any atom is 0.237 e. The van der Waals surface area contributed by atoms with Crippen LogP contribution in [0.2, 0.25) is 0 Å². The van der Waals surface area contributed by atoms with Crippen molar-refractivity contribution in [2.24, 2.45) is 5.73 Å². The zero-order chi connectivity index (χ0) is 13.7. The summed E-state index contributed by atoms with van der Waals surface area (Å²) in [6, 6.07) is 7.92. The van der Waals surface area contributed by atoms with E-state index >= 15 is 0 Å². The van der Waals surface area contributed by atoms with Crippen LogP contribution in [0.4, 0.5) is 0 Å². The van der Waals surface area contributed by atoms with E-state index in [1.54, 1.807) is 0 Å². The topological polar surface area (TPSA) is 58.4 Å². The minimum absolute atomic E-state index is 0.0933. The molecule has 1 aliphatic rings. The maximum atomic E-state index is 11.7. The van der Waals surface area contributed by atoms with Gasteiger partial charge < -0.3 is 11.1 Å². The Morgan fingerprint density at radius 2 is 2.26 bits per heavy atom. The van der Waals surface area contributed by atoms with E-state index in [4.69, 9.17) is 5.73 Å². The van der Waals surface area contributed by atoms with Gasteiger partial charge in [0.25, 0.3) is 0 Å². The van der Waals surface area contributed by atoms with Crippen LogP contribution in [0.15, 0.2) is 24.3 Å². The molecule has 4 heteroatoms. The summed E-state index contributed by atoms with van der Waals surface area (Å²) in [5.74, 6) is 6.06. The highest BCUT2D eigenvalue weighted by Gasteiger charge is 2.25. The molecule has 0 aliphatic carbocycles. The van der Waals surface area contributed by atoms with Crippen LogP contribution >= 0.6 is 0 Å². The molecule has 1 aromatic rings. The predicted molar refractivity (Wildman–Crippen MR) is 75.3 cm³/mol. The van der Waals surface area contributed by atoms with E-state index in [1.807, 2.05) is 25.1 Å². The number of hydrogen-bond acceptors (Lipinski definition) is 3. The third kappa shape index (κ3) is 3.34. The lowest BCUT2D eigenvalue weighted by Crippen LogP contribution is -2.53. The lowest BCUT2D eigenvalue weighted by atomic mass is 10.1. The van der Waals surface area contributed by atoms with Gasteiger partial charge in [0.05, 0.1) is 12.6 Å². The Morgan fingerprint density at radius 1 is 1.47 bits per heavy atom. The van der Waals surface area contributed by atoms with Crippen LogP contribution < -0.4 is 11.1 Å². The standard InChI is InChI=1S/C15H19N3O/c1-12-15(19)17-9-10-18(12)11-14-6-3-2-5-13(14)7-4-8-16/h2-3,5-6,12H,8-11,16H2,1H3,(H,17,19). The second kappa shape index (κ2) is 6.37. The summed E-state index contributed by atoms with van der Waals surface area (Å²) in [4.78, 5) is 13.8. The number of carbonyl (C=O) groups is 1. The molecular weight excluding hydrogens is 238 g/mol. The highest BCUT2D eigenvalue weighted by molar-refractivity contribution is 5.82. The zero-order valence-corrected chi connectivity index (χ0v) is 11.1. The summed E-state index contributed by atoms with van der Waals surface area (Å²) in [5.41, 5.74) is 7.55. The van der Waals surface area contributed by atoms with E-state index in [-0.39, 0.29) is 11.9 Å². The molecule has 1 saturated heterocycles. The van der Waals surface area contributed by atoms with Gasteiger partial charge in [0, 0.05) is 25.2 Å². The van der Waals surface area contributed by atoms with Crippen molar-refractivity contribution in [2.75, 3.05) is 19.6 Å². The summed E-state index contributed by atoms with van der Waals surface area (Å²) in [5, 5.41) is 2.87. The number of benzene rings is 1. The molecule has 1 fully saturated rings. The Morgan fingerprint density at radius 3 is 3.05 bits per heavy atom. The fourth-order valence-electron chi connectivity index (χ4n) is 2.19. The van der Waals surface area contributed by atoms with Crippen LogP contribution in [-0.2, 0) is 11.3 Å². The van der Waals surface area contributed by atoms with Crippen LogP contribution in [0.5, 0.6) is 0 Å². The number of nitrogens with two attached hydrogens (primary N) is 1. The second-order valence-electron chi connectivity index (χ2n) is 4.60. The quantitative estimate of drug-likeness (QED) is 0.750. The number of nitrogens with zero attached hydrogens (tertiary/aromatic N) is 1. The number of hydrogen-bond donors (Lipinski definition) is 2. The van der Waals surface area contributed by atoms with Crippen molar-refractivity contribution in [3.05, 3.63) is 35.4 Å². The highest BCUT2D eigenvalue weighted by Crippen LogP contribution is 2.14. The van der Waals surface area contributed by atoms with E-state index in [9.17, 15) is 4.79 Å². The van der Waals surface area contributed by atoms with E-state index in [0.29, 0.717) is 13.1 Å². The van der Waals surface area contributed by atoms with Crippen molar-refractivity contribution in [2.45, 2.75) is 19.5 Å². The molecule has 3 N–H and O–H groups in total. The molecule has 4 nitrogen and oxygen atoms in total. The SMILES string of the molecule is CC1C(=O)NCCN1Cc1ccccc1C#CCN. The zero-order valence-electron chi connectivity index (χ0n) is 11.1. The normalized spacial score (nSPS) is 19.5. The van der Waals surface area contributed by atoms with E-state index < -0.39 is 0 Å². The average Bonchev–Trinajstić information content (AvgIpc) is 2.43. The molecule has 0 aromatic heterocycles. The van der Waals surface area contributed by atoms with Gasteiger partial charge in [-0.05, 0) is 18.6 Å². The van der Waals surface area contributed by atoms with Crippen molar-refractivity contribution in [1.29, 1.82) is 0 Å². The molecule has 0 radical (unpaired) electrons. The maximum absolute atomic E-state index is 11.7. The first-order valence-corrected chi connectivity index (χ1v) is 6.51. The van der Waals surface area contributed by atoms with Crippen LogP contribution in [-0.4, -0.2) is 36.5 Å². The molecule has 1 unspecified atom stereocenters. The first-order chi connectivity index (χ1) is 9.22. The van der Waals surface area contributed by atoms with Crippen molar-refractivity contribution in [3.63, 3.8) is 0 Å². The molecule has 1 aliphatic heterocycles. The Kier molecular flexibility index (Phi) is 4.56. The van der Waals surface area contributed by atoms with Gasteiger partial charge in [0.1, 0.15) is 0 Å². The lowest BCUT2D eigenvalue weighted by Gasteiger charge is -2.32. The Hall–Kier alpha value is -1.83. The van der Waals surface area contributed by atoms with Crippen molar-refractivity contribution in [3.8, 4) is 11.8 Å². The van der Waals surface area contributed by atoms with Crippen LogP contribution in [0.3, 0.4) is 0 Å². The van der Waals surface area contributed by atoms with Gasteiger partial charge in [0.2, 0.25) is 5.91 Å². The fourth-order valence-corrected chi connectivity index (χ4v) is 2.19. The first-order valence-electron chi connectivity index (χ1n) is 6.51. The van der Waals surface area contributed by atoms with Crippen molar-refractivity contribution in [1.82, 2.24) is 10.2 Å². The minimum Gasteiger partial charge on any atom is -0.353 e. The molecule has 2 rings (SSSR count). The molecule has 1 amide bonds. The number of nitrogens with one attached hydrogen (secondary N) is 1. The predicted octanol–water partition coefficient (Wildman–Crippen LogP) is 0.317.